The first-order valence-corrected chi connectivity index (χ1v) is 14.0. The van der Waals surface area contributed by atoms with Crippen LogP contribution < -0.4 is 4.74 Å². The van der Waals surface area contributed by atoms with Crippen LogP contribution in [0.2, 0.25) is 0 Å². The van der Waals surface area contributed by atoms with E-state index in [2.05, 4.69) is 0 Å². The van der Waals surface area contributed by atoms with E-state index in [0.29, 0.717) is 18.8 Å². The first-order chi connectivity index (χ1) is 21.0. The van der Waals surface area contributed by atoms with Gasteiger partial charge in [0.2, 0.25) is 12.4 Å². The standard InChI is InChI=1S/C32H36O12/c1-6-38-28(37)16-15-23-11-13-24(14-12-23)17-25-9-7-8-10-26(25)43-32-31(42-22(5)36)30(41-21(4)35)29(40-20(3)34)27(44-32)18-39-19(2)33/h7-16,27,29-32H,6,17-18H2,1-5H3/b16-15+/t27-,29-,30+,31-,32-/m1/s1. The summed E-state index contributed by atoms with van der Waals surface area (Å²) in [7, 11) is 0. The van der Waals surface area contributed by atoms with Gasteiger partial charge in [-0.1, -0.05) is 42.5 Å². The van der Waals surface area contributed by atoms with Crippen LogP contribution in [0.25, 0.3) is 6.08 Å². The summed E-state index contributed by atoms with van der Waals surface area (Å²) in [6, 6.07) is 14.6. The highest BCUT2D eigenvalue weighted by Crippen LogP contribution is 2.32. The number of benzene rings is 2. The van der Waals surface area contributed by atoms with Gasteiger partial charge in [-0.3, -0.25) is 19.2 Å². The van der Waals surface area contributed by atoms with E-state index >= 15 is 0 Å². The number of esters is 5. The highest BCUT2D eigenvalue weighted by Gasteiger charge is 2.53. The van der Waals surface area contributed by atoms with Crippen molar-refractivity contribution in [2.75, 3.05) is 13.2 Å². The van der Waals surface area contributed by atoms with Crippen molar-refractivity contribution in [2.24, 2.45) is 0 Å². The van der Waals surface area contributed by atoms with Gasteiger partial charge in [-0.2, -0.15) is 0 Å². The van der Waals surface area contributed by atoms with Crippen LogP contribution in [0.4, 0.5) is 0 Å². The predicted molar refractivity (Wildman–Crippen MR) is 154 cm³/mol. The second-order valence-electron chi connectivity index (χ2n) is 9.80. The van der Waals surface area contributed by atoms with E-state index in [9.17, 15) is 24.0 Å². The molecule has 0 amide bonds. The molecule has 0 bridgehead atoms. The van der Waals surface area contributed by atoms with Crippen LogP contribution in [0.15, 0.2) is 54.6 Å². The van der Waals surface area contributed by atoms with Crippen LogP contribution in [0.1, 0.15) is 51.3 Å². The first kappa shape index (κ1) is 33.8. The van der Waals surface area contributed by atoms with Gasteiger partial charge in [0.05, 0.1) is 6.61 Å². The van der Waals surface area contributed by atoms with Gasteiger partial charge in [0, 0.05) is 40.2 Å². The lowest BCUT2D eigenvalue weighted by atomic mass is 9.98. The van der Waals surface area contributed by atoms with E-state index in [1.807, 2.05) is 36.4 Å². The molecule has 12 nitrogen and oxygen atoms in total. The fourth-order valence-corrected chi connectivity index (χ4v) is 4.49. The number of ether oxygens (including phenoxy) is 7. The minimum atomic E-state index is -1.35. The molecule has 44 heavy (non-hydrogen) atoms. The molecule has 2 aromatic carbocycles. The van der Waals surface area contributed by atoms with Crippen LogP contribution >= 0.6 is 0 Å². The molecule has 1 aliphatic rings. The van der Waals surface area contributed by atoms with Crippen molar-refractivity contribution in [1.82, 2.24) is 0 Å². The van der Waals surface area contributed by atoms with E-state index in [1.54, 1.807) is 25.1 Å². The molecule has 1 saturated heterocycles. The molecule has 0 unspecified atom stereocenters. The quantitative estimate of drug-likeness (QED) is 0.197. The molecule has 12 heteroatoms. The monoisotopic (exact) mass is 612 g/mol. The van der Waals surface area contributed by atoms with Gasteiger partial charge in [-0.15, -0.1) is 0 Å². The van der Waals surface area contributed by atoms with Crippen molar-refractivity contribution in [2.45, 2.75) is 71.7 Å². The number of hydrogen-bond donors (Lipinski definition) is 0. The Bertz CT molecular complexity index is 1350. The summed E-state index contributed by atoms with van der Waals surface area (Å²) in [5, 5.41) is 0. The van der Waals surface area contributed by atoms with Gasteiger partial charge in [-0.05, 0) is 35.8 Å². The lowest BCUT2D eigenvalue weighted by molar-refractivity contribution is -0.288. The topological polar surface area (TPSA) is 150 Å². The van der Waals surface area contributed by atoms with Crippen molar-refractivity contribution in [1.29, 1.82) is 0 Å². The predicted octanol–water partition coefficient (Wildman–Crippen LogP) is 3.32. The molecule has 0 aliphatic carbocycles. The lowest BCUT2D eigenvalue weighted by Crippen LogP contribution is -2.63. The number of para-hydroxylation sites is 1. The van der Waals surface area contributed by atoms with Crippen LogP contribution in [0, 0.1) is 0 Å². The summed E-state index contributed by atoms with van der Waals surface area (Å²) in [6.07, 6.45) is -3.03. The van der Waals surface area contributed by atoms with E-state index in [1.165, 1.54) is 13.0 Å². The Labute approximate surface area is 255 Å². The molecule has 5 atom stereocenters. The smallest absolute Gasteiger partial charge is 0.330 e. The maximum Gasteiger partial charge on any atom is 0.330 e. The molecule has 2 aromatic rings. The van der Waals surface area contributed by atoms with E-state index in [-0.39, 0.29) is 6.61 Å². The van der Waals surface area contributed by atoms with Crippen molar-refractivity contribution >= 4 is 35.9 Å². The van der Waals surface area contributed by atoms with Gasteiger partial charge in [0.15, 0.2) is 12.2 Å². The highest BCUT2D eigenvalue weighted by molar-refractivity contribution is 5.87. The van der Waals surface area contributed by atoms with E-state index in [4.69, 9.17) is 33.2 Å². The second kappa shape index (κ2) is 16.2. The Morgan fingerprint density at radius 1 is 0.750 bits per heavy atom. The van der Waals surface area contributed by atoms with Crippen LogP contribution in [-0.2, 0) is 58.8 Å². The Morgan fingerprint density at radius 2 is 1.36 bits per heavy atom. The normalized spacial score (nSPS) is 21.2. The zero-order valence-electron chi connectivity index (χ0n) is 25.2. The average Bonchev–Trinajstić information content (AvgIpc) is 2.95. The number of carbonyl (C=O) groups is 5. The van der Waals surface area contributed by atoms with Gasteiger partial charge in [-0.25, -0.2) is 4.79 Å². The van der Waals surface area contributed by atoms with Gasteiger partial charge in [0.1, 0.15) is 18.5 Å². The minimum Gasteiger partial charge on any atom is -0.463 e. The molecule has 0 N–H and O–H groups in total. The van der Waals surface area contributed by atoms with Gasteiger partial charge >= 0.3 is 29.8 Å². The number of rotatable bonds is 12. The largest absolute Gasteiger partial charge is 0.463 e. The molecule has 3 rings (SSSR count). The van der Waals surface area contributed by atoms with Crippen molar-refractivity contribution in [3.05, 3.63) is 71.3 Å². The third kappa shape index (κ3) is 10.2. The van der Waals surface area contributed by atoms with E-state index < -0.39 is 60.6 Å². The number of carbonyl (C=O) groups excluding carboxylic acids is 5. The number of hydrogen-bond acceptors (Lipinski definition) is 12. The molecule has 0 spiro atoms. The molecule has 0 aromatic heterocycles. The molecular formula is C32H36O12. The van der Waals surface area contributed by atoms with Gasteiger partial charge < -0.3 is 33.2 Å². The third-order valence-corrected chi connectivity index (χ3v) is 6.24. The van der Waals surface area contributed by atoms with E-state index in [0.717, 1.165) is 37.5 Å². The van der Waals surface area contributed by atoms with Crippen molar-refractivity contribution in [3.8, 4) is 5.75 Å². The molecule has 236 valence electrons. The Balaban J connectivity index is 1.91. The van der Waals surface area contributed by atoms with Crippen LogP contribution in [0.3, 0.4) is 0 Å². The van der Waals surface area contributed by atoms with Crippen molar-refractivity contribution in [3.63, 3.8) is 0 Å². The fraction of sp³-hybridized carbons (Fsp3) is 0.406. The fourth-order valence-electron chi connectivity index (χ4n) is 4.49. The first-order valence-electron chi connectivity index (χ1n) is 14.0. The summed E-state index contributed by atoms with van der Waals surface area (Å²) in [5.41, 5.74) is 2.48. The SMILES string of the molecule is CCOC(=O)/C=C/c1ccc(Cc2ccccc2O[C@@H]2O[C@H](COC(C)=O)[C@@H](OC(C)=O)[C@H](OC(C)=O)[C@H]2OC(C)=O)cc1. The van der Waals surface area contributed by atoms with Crippen LogP contribution in [0.5, 0.6) is 5.75 Å². The minimum absolute atomic E-state index is 0.293. The van der Waals surface area contributed by atoms with Gasteiger partial charge in [0.25, 0.3) is 0 Å². The molecular weight excluding hydrogens is 576 g/mol. The third-order valence-electron chi connectivity index (χ3n) is 6.24. The summed E-state index contributed by atoms with van der Waals surface area (Å²) >= 11 is 0. The molecule has 0 saturated carbocycles. The molecule has 1 heterocycles. The zero-order chi connectivity index (χ0) is 32.2. The molecule has 0 radical (unpaired) electrons. The summed E-state index contributed by atoms with van der Waals surface area (Å²) in [5.74, 6) is -2.86. The lowest BCUT2D eigenvalue weighted by Gasteiger charge is -2.44. The summed E-state index contributed by atoms with van der Waals surface area (Å²) < 4.78 is 38.7. The Morgan fingerprint density at radius 3 is 1.98 bits per heavy atom. The van der Waals surface area contributed by atoms with Crippen molar-refractivity contribution < 1.29 is 57.1 Å². The zero-order valence-corrected chi connectivity index (χ0v) is 25.2. The molecule has 1 fully saturated rings. The Kier molecular flexibility index (Phi) is 12.5. The maximum atomic E-state index is 12.1. The summed E-state index contributed by atoms with van der Waals surface area (Å²) in [6.45, 7) is 6.32. The average molecular weight is 613 g/mol. The molecule has 1 aliphatic heterocycles. The Hall–Kier alpha value is -4.71. The highest BCUT2D eigenvalue weighted by atomic mass is 16.7. The maximum absolute atomic E-state index is 12.1. The summed E-state index contributed by atoms with van der Waals surface area (Å²) in [4.78, 5) is 59.4. The second-order valence-corrected chi connectivity index (χ2v) is 9.80. The van der Waals surface area contributed by atoms with Crippen LogP contribution in [-0.4, -0.2) is 73.8 Å².